The molecule has 146 valence electrons. The summed E-state index contributed by atoms with van der Waals surface area (Å²) in [5.41, 5.74) is 5.15. The van der Waals surface area contributed by atoms with Gasteiger partial charge in [-0.25, -0.2) is 4.98 Å². The van der Waals surface area contributed by atoms with Crippen molar-refractivity contribution in [2.24, 2.45) is 0 Å². The molecule has 0 amide bonds. The lowest BCUT2D eigenvalue weighted by Gasteiger charge is -2.24. The molecule has 0 unspecified atom stereocenters. The van der Waals surface area contributed by atoms with Crippen LogP contribution in [0, 0.1) is 11.3 Å². The molecule has 1 aliphatic carbocycles. The lowest BCUT2D eigenvalue weighted by Crippen LogP contribution is -2.26. The fourth-order valence-corrected chi connectivity index (χ4v) is 6.21. The summed E-state index contributed by atoms with van der Waals surface area (Å²) in [6.07, 6.45) is 4.61. The van der Waals surface area contributed by atoms with Gasteiger partial charge >= 0.3 is 7.60 Å². The SMILES string of the molecule is CCOP(=O)(OCC)c1c2c(c(C#N)c3nc4ccccc4n13)CCCCC2. The maximum atomic E-state index is 14.0. The first-order valence-electron chi connectivity index (χ1n) is 9.89. The van der Waals surface area contributed by atoms with Crippen LogP contribution >= 0.6 is 7.60 Å². The van der Waals surface area contributed by atoms with Gasteiger partial charge in [-0.2, -0.15) is 5.26 Å². The summed E-state index contributed by atoms with van der Waals surface area (Å²) < 4.78 is 27.4. The number of pyridine rings is 1. The summed E-state index contributed by atoms with van der Waals surface area (Å²) >= 11 is 0. The second kappa shape index (κ2) is 7.67. The van der Waals surface area contributed by atoms with Gasteiger partial charge in [0.25, 0.3) is 0 Å². The van der Waals surface area contributed by atoms with Crippen molar-refractivity contribution < 1.29 is 13.6 Å². The smallest absolute Gasteiger partial charge is 0.304 e. The second-order valence-electron chi connectivity index (χ2n) is 6.92. The summed E-state index contributed by atoms with van der Waals surface area (Å²) in [5.74, 6) is 0. The molecule has 0 aliphatic heterocycles. The van der Waals surface area contributed by atoms with E-state index in [2.05, 4.69) is 6.07 Å². The zero-order valence-electron chi connectivity index (χ0n) is 16.3. The lowest BCUT2D eigenvalue weighted by molar-refractivity contribution is 0.229. The molecular weight excluding hydrogens is 373 g/mol. The van der Waals surface area contributed by atoms with Crippen molar-refractivity contribution >= 4 is 29.7 Å². The average Bonchev–Trinajstić information content (AvgIpc) is 2.89. The monoisotopic (exact) mass is 397 g/mol. The van der Waals surface area contributed by atoms with Crippen LogP contribution in [-0.2, 0) is 26.5 Å². The van der Waals surface area contributed by atoms with Crippen molar-refractivity contribution in [1.29, 1.82) is 5.26 Å². The minimum Gasteiger partial charge on any atom is -0.304 e. The molecule has 0 saturated carbocycles. The predicted octanol–water partition coefficient (Wildman–Crippen LogP) is 4.52. The summed E-state index contributed by atoms with van der Waals surface area (Å²) in [5, 5.41) is 9.97. The molecule has 7 heteroatoms. The van der Waals surface area contributed by atoms with Gasteiger partial charge in [-0.1, -0.05) is 18.6 Å². The maximum absolute atomic E-state index is 14.0. The second-order valence-corrected chi connectivity index (χ2v) is 8.86. The van der Waals surface area contributed by atoms with E-state index in [0.717, 1.165) is 54.3 Å². The molecule has 1 aliphatic rings. The molecule has 0 radical (unpaired) electrons. The number of imidazole rings is 1. The topological polar surface area (TPSA) is 76.6 Å². The Morgan fingerprint density at radius 3 is 2.46 bits per heavy atom. The average molecular weight is 397 g/mol. The minimum absolute atomic E-state index is 0.278. The van der Waals surface area contributed by atoms with Gasteiger partial charge in [-0.05, 0) is 62.8 Å². The van der Waals surface area contributed by atoms with Crippen LogP contribution in [0.2, 0.25) is 0 Å². The third-order valence-electron chi connectivity index (χ3n) is 5.26. The van der Waals surface area contributed by atoms with Gasteiger partial charge in [0.15, 0.2) is 5.65 Å². The first kappa shape index (κ1) is 19.1. The summed E-state index contributed by atoms with van der Waals surface area (Å²) in [7, 11) is -3.58. The molecule has 2 aromatic heterocycles. The number of aromatic nitrogens is 2. The highest BCUT2D eigenvalue weighted by Crippen LogP contribution is 2.49. The molecule has 0 spiro atoms. The molecule has 0 N–H and O–H groups in total. The summed E-state index contributed by atoms with van der Waals surface area (Å²) in [6.45, 7) is 4.19. The molecule has 2 heterocycles. The van der Waals surface area contributed by atoms with Crippen molar-refractivity contribution in [3.63, 3.8) is 0 Å². The van der Waals surface area contributed by atoms with E-state index in [1.807, 2.05) is 42.5 Å². The van der Waals surface area contributed by atoms with Gasteiger partial charge in [0, 0.05) is 0 Å². The highest BCUT2D eigenvalue weighted by Gasteiger charge is 2.36. The van der Waals surface area contributed by atoms with Crippen molar-refractivity contribution in [3.05, 3.63) is 41.0 Å². The van der Waals surface area contributed by atoms with Crippen molar-refractivity contribution in [2.45, 2.75) is 46.0 Å². The van der Waals surface area contributed by atoms with Gasteiger partial charge in [0.1, 0.15) is 11.5 Å². The quantitative estimate of drug-likeness (QED) is 0.467. The number of nitrogens with zero attached hydrogens (tertiary/aromatic N) is 3. The van der Waals surface area contributed by atoms with Crippen LogP contribution in [0.25, 0.3) is 16.7 Å². The van der Waals surface area contributed by atoms with Gasteiger partial charge in [-0.15, -0.1) is 0 Å². The van der Waals surface area contributed by atoms with Gasteiger partial charge in [0.05, 0.1) is 29.8 Å². The largest absolute Gasteiger partial charge is 0.378 e. The summed E-state index contributed by atoms with van der Waals surface area (Å²) in [4.78, 5) is 4.73. The normalized spacial score (nSPS) is 14.8. The Morgan fingerprint density at radius 1 is 1.11 bits per heavy atom. The van der Waals surface area contributed by atoms with E-state index in [4.69, 9.17) is 14.0 Å². The number of hydrogen-bond donors (Lipinski definition) is 0. The van der Waals surface area contributed by atoms with Gasteiger partial charge in [-0.3, -0.25) is 8.97 Å². The molecule has 28 heavy (non-hydrogen) atoms. The third kappa shape index (κ3) is 2.95. The number of benzene rings is 1. The number of para-hydroxylation sites is 2. The fourth-order valence-electron chi connectivity index (χ4n) is 4.19. The van der Waals surface area contributed by atoms with Crippen LogP contribution in [0.1, 0.15) is 49.8 Å². The standard InChI is InChI=1S/C21H24N3O3P/c1-3-26-28(25,27-4-2)21-16-11-7-5-6-10-15(16)17(14-22)20-23-18-12-8-9-13-19(18)24(20)21/h8-9,12-13H,3-7,10-11H2,1-2H3. The highest BCUT2D eigenvalue weighted by molar-refractivity contribution is 7.62. The lowest BCUT2D eigenvalue weighted by atomic mass is 10.00. The maximum Gasteiger partial charge on any atom is 0.378 e. The Balaban J connectivity index is 2.22. The van der Waals surface area contributed by atoms with E-state index in [1.54, 1.807) is 0 Å². The van der Waals surface area contributed by atoms with Crippen LogP contribution < -0.4 is 5.44 Å². The van der Waals surface area contributed by atoms with E-state index in [1.165, 1.54) is 0 Å². The molecule has 4 rings (SSSR count). The highest BCUT2D eigenvalue weighted by atomic mass is 31.2. The Hall–Kier alpha value is -2.19. The molecular formula is C21H24N3O3P. The third-order valence-corrected chi connectivity index (χ3v) is 7.44. The Kier molecular flexibility index (Phi) is 5.25. The van der Waals surface area contributed by atoms with Gasteiger partial charge < -0.3 is 9.05 Å². The number of hydrogen-bond acceptors (Lipinski definition) is 5. The zero-order chi connectivity index (χ0) is 19.7. The van der Waals surface area contributed by atoms with E-state index < -0.39 is 7.60 Å². The first-order chi connectivity index (χ1) is 13.6. The number of fused-ring (bicyclic) bond motifs is 4. The van der Waals surface area contributed by atoms with Crippen molar-refractivity contribution in [1.82, 2.24) is 9.38 Å². The van der Waals surface area contributed by atoms with Gasteiger partial charge in [0.2, 0.25) is 0 Å². The van der Waals surface area contributed by atoms with E-state index in [0.29, 0.717) is 16.6 Å². The Morgan fingerprint density at radius 2 is 1.79 bits per heavy atom. The molecule has 0 saturated heterocycles. The van der Waals surface area contributed by atoms with E-state index in [-0.39, 0.29) is 13.2 Å². The van der Waals surface area contributed by atoms with Crippen molar-refractivity contribution in [2.75, 3.05) is 13.2 Å². The molecule has 1 aromatic carbocycles. The number of rotatable bonds is 5. The zero-order valence-corrected chi connectivity index (χ0v) is 17.2. The van der Waals surface area contributed by atoms with E-state index >= 15 is 0 Å². The summed E-state index contributed by atoms with van der Waals surface area (Å²) in [6, 6.07) is 10.1. The van der Waals surface area contributed by atoms with Crippen LogP contribution in [0.4, 0.5) is 0 Å². The molecule has 0 atom stereocenters. The molecule has 3 aromatic rings. The molecule has 0 bridgehead atoms. The van der Waals surface area contributed by atoms with E-state index in [9.17, 15) is 9.83 Å². The molecule has 6 nitrogen and oxygen atoms in total. The van der Waals surface area contributed by atoms with Crippen molar-refractivity contribution in [3.8, 4) is 6.07 Å². The van der Waals surface area contributed by atoms with Crippen LogP contribution in [0.15, 0.2) is 24.3 Å². The Labute approximate surface area is 164 Å². The molecule has 0 fully saturated rings. The van der Waals surface area contributed by atoms with Crippen LogP contribution in [0.3, 0.4) is 0 Å². The van der Waals surface area contributed by atoms with Crippen LogP contribution in [-0.4, -0.2) is 22.6 Å². The Bertz CT molecular complexity index is 1120. The minimum atomic E-state index is -3.58. The van der Waals surface area contributed by atoms with Crippen LogP contribution in [0.5, 0.6) is 0 Å². The predicted molar refractivity (Wildman–Crippen MR) is 109 cm³/mol. The first-order valence-corrected chi connectivity index (χ1v) is 11.4. The number of nitriles is 1. The fraction of sp³-hybridized carbons (Fsp3) is 0.429.